The molecule has 1 amide bonds. The van der Waals surface area contributed by atoms with E-state index in [0.717, 1.165) is 31.6 Å². The second-order valence-corrected chi connectivity index (χ2v) is 6.06. The lowest BCUT2D eigenvalue weighted by Gasteiger charge is -2.35. The number of anilines is 2. The molecule has 1 unspecified atom stereocenters. The van der Waals surface area contributed by atoms with Gasteiger partial charge in [-0.25, -0.2) is 9.97 Å². The van der Waals surface area contributed by atoms with Gasteiger partial charge in [-0.2, -0.15) is 0 Å². The van der Waals surface area contributed by atoms with Gasteiger partial charge in [-0.1, -0.05) is 18.2 Å². The summed E-state index contributed by atoms with van der Waals surface area (Å²) in [4.78, 5) is 22.6. The highest BCUT2D eigenvalue weighted by Crippen LogP contribution is 2.18. The van der Waals surface area contributed by atoms with Crippen LogP contribution in [0.2, 0.25) is 0 Å². The van der Waals surface area contributed by atoms with E-state index in [4.69, 9.17) is 0 Å². The van der Waals surface area contributed by atoms with Crippen LogP contribution in [0.3, 0.4) is 0 Å². The molecular weight excluding hydrogens is 302 g/mol. The van der Waals surface area contributed by atoms with Gasteiger partial charge in [-0.15, -0.1) is 0 Å². The molecule has 2 heterocycles. The van der Waals surface area contributed by atoms with Crippen LogP contribution in [0.4, 0.5) is 11.6 Å². The number of carbonyl (C=O) groups excluding carboxylic acids is 1. The normalized spacial score (nSPS) is 17.2. The molecule has 1 atom stereocenters. The summed E-state index contributed by atoms with van der Waals surface area (Å²) in [6.45, 7) is 3.73. The standard InChI is InChI=1S/C18H23N5O/c1-14(17(24)22-18-19-10-5-11-20-18)23-12-8-16(9-13-23)21-15-6-3-2-4-7-15/h2-7,10-11,14,16,21H,8-9,12-13H2,1H3,(H,19,20,22,24). The number of hydrogen-bond donors (Lipinski definition) is 2. The summed E-state index contributed by atoms with van der Waals surface area (Å²) in [5, 5.41) is 6.33. The summed E-state index contributed by atoms with van der Waals surface area (Å²) in [6.07, 6.45) is 5.28. The minimum atomic E-state index is -0.188. The average Bonchev–Trinajstić information content (AvgIpc) is 2.63. The molecule has 0 saturated carbocycles. The lowest BCUT2D eigenvalue weighted by atomic mass is 10.0. The lowest BCUT2D eigenvalue weighted by molar-refractivity contribution is -0.121. The Morgan fingerprint density at radius 1 is 1.12 bits per heavy atom. The van der Waals surface area contributed by atoms with E-state index in [0.29, 0.717) is 12.0 Å². The highest BCUT2D eigenvalue weighted by Gasteiger charge is 2.26. The van der Waals surface area contributed by atoms with Crippen LogP contribution in [0.5, 0.6) is 0 Å². The summed E-state index contributed by atoms with van der Waals surface area (Å²) in [7, 11) is 0. The fourth-order valence-electron chi connectivity index (χ4n) is 2.95. The molecule has 0 bridgehead atoms. The number of aromatic nitrogens is 2. The molecule has 1 aliphatic heterocycles. The summed E-state index contributed by atoms with van der Waals surface area (Å²) >= 11 is 0. The number of para-hydroxylation sites is 1. The number of carbonyl (C=O) groups is 1. The van der Waals surface area contributed by atoms with Crippen molar-refractivity contribution in [3.63, 3.8) is 0 Å². The fraction of sp³-hybridized carbons (Fsp3) is 0.389. The van der Waals surface area contributed by atoms with Crippen molar-refractivity contribution in [2.75, 3.05) is 23.7 Å². The van der Waals surface area contributed by atoms with Gasteiger partial charge < -0.3 is 5.32 Å². The first-order valence-electron chi connectivity index (χ1n) is 8.36. The summed E-state index contributed by atoms with van der Waals surface area (Å²) in [6, 6.07) is 12.3. The maximum absolute atomic E-state index is 12.3. The van der Waals surface area contributed by atoms with Crippen molar-refractivity contribution in [1.82, 2.24) is 14.9 Å². The molecule has 126 valence electrons. The first-order valence-corrected chi connectivity index (χ1v) is 8.36. The molecular formula is C18H23N5O. The molecule has 1 saturated heterocycles. The van der Waals surface area contributed by atoms with Gasteiger partial charge in [0.2, 0.25) is 11.9 Å². The second kappa shape index (κ2) is 7.88. The van der Waals surface area contributed by atoms with Gasteiger partial charge in [0.15, 0.2) is 0 Å². The van der Waals surface area contributed by atoms with E-state index in [1.807, 2.05) is 25.1 Å². The van der Waals surface area contributed by atoms with E-state index in [9.17, 15) is 4.79 Å². The van der Waals surface area contributed by atoms with Gasteiger partial charge in [0, 0.05) is 37.2 Å². The highest BCUT2D eigenvalue weighted by atomic mass is 16.2. The largest absolute Gasteiger partial charge is 0.382 e. The number of amides is 1. The number of benzene rings is 1. The smallest absolute Gasteiger partial charge is 0.243 e. The quantitative estimate of drug-likeness (QED) is 0.883. The molecule has 0 radical (unpaired) electrons. The first-order chi connectivity index (χ1) is 11.7. The van der Waals surface area contributed by atoms with Crippen molar-refractivity contribution >= 4 is 17.5 Å². The van der Waals surface area contributed by atoms with Crippen molar-refractivity contribution in [3.05, 3.63) is 48.8 Å². The van der Waals surface area contributed by atoms with E-state index in [1.54, 1.807) is 18.5 Å². The number of piperidine rings is 1. The van der Waals surface area contributed by atoms with Crippen molar-refractivity contribution in [1.29, 1.82) is 0 Å². The molecule has 24 heavy (non-hydrogen) atoms. The number of rotatable bonds is 5. The molecule has 6 nitrogen and oxygen atoms in total. The Bertz CT molecular complexity index is 641. The topological polar surface area (TPSA) is 70.2 Å². The monoisotopic (exact) mass is 325 g/mol. The Morgan fingerprint density at radius 2 is 1.79 bits per heavy atom. The molecule has 6 heteroatoms. The van der Waals surface area contributed by atoms with Crippen molar-refractivity contribution < 1.29 is 4.79 Å². The third-order valence-electron chi connectivity index (χ3n) is 4.40. The van der Waals surface area contributed by atoms with E-state index in [2.05, 4.69) is 37.6 Å². The zero-order valence-corrected chi connectivity index (χ0v) is 13.9. The number of nitrogens with one attached hydrogen (secondary N) is 2. The molecule has 0 aliphatic carbocycles. The van der Waals surface area contributed by atoms with E-state index in [-0.39, 0.29) is 11.9 Å². The predicted molar refractivity (Wildman–Crippen MR) is 94.8 cm³/mol. The zero-order valence-electron chi connectivity index (χ0n) is 13.9. The van der Waals surface area contributed by atoms with Crippen LogP contribution in [-0.4, -0.2) is 45.9 Å². The van der Waals surface area contributed by atoms with Crippen molar-refractivity contribution in [3.8, 4) is 0 Å². The zero-order chi connectivity index (χ0) is 16.8. The number of likely N-dealkylation sites (tertiary alicyclic amines) is 1. The SMILES string of the molecule is CC(C(=O)Nc1ncccn1)N1CCC(Nc2ccccc2)CC1. The van der Waals surface area contributed by atoms with Crippen LogP contribution in [0.15, 0.2) is 48.8 Å². The Balaban J connectivity index is 1.48. The van der Waals surface area contributed by atoms with Gasteiger partial charge in [-0.3, -0.25) is 15.0 Å². The van der Waals surface area contributed by atoms with Crippen LogP contribution in [0.1, 0.15) is 19.8 Å². The summed E-state index contributed by atoms with van der Waals surface area (Å²) < 4.78 is 0. The first kappa shape index (κ1) is 16.4. The van der Waals surface area contributed by atoms with Crippen LogP contribution in [0.25, 0.3) is 0 Å². The van der Waals surface area contributed by atoms with E-state index in [1.165, 1.54) is 0 Å². The van der Waals surface area contributed by atoms with Crippen LogP contribution in [-0.2, 0) is 4.79 Å². The summed E-state index contributed by atoms with van der Waals surface area (Å²) in [5.74, 6) is 0.297. The minimum Gasteiger partial charge on any atom is -0.382 e. The average molecular weight is 325 g/mol. The third-order valence-corrected chi connectivity index (χ3v) is 4.40. The highest BCUT2D eigenvalue weighted by molar-refractivity contribution is 5.93. The van der Waals surface area contributed by atoms with Crippen molar-refractivity contribution in [2.24, 2.45) is 0 Å². The second-order valence-electron chi connectivity index (χ2n) is 6.06. The van der Waals surface area contributed by atoms with Gasteiger partial charge in [0.25, 0.3) is 0 Å². The molecule has 1 aromatic carbocycles. The minimum absolute atomic E-state index is 0.0596. The molecule has 2 aromatic rings. The third kappa shape index (κ3) is 4.29. The number of hydrogen-bond acceptors (Lipinski definition) is 5. The predicted octanol–water partition coefficient (Wildman–Crippen LogP) is 2.38. The molecule has 3 rings (SSSR count). The Morgan fingerprint density at radius 3 is 2.46 bits per heavy atom. The maximum atomic E-state index is 12.3. The fourth-order valence-corrected chi connectivity index (χ4v) is 2.95. The Hall–Kier alpha value is -2.47. The maximum Gasteiger partial charge on any atom is 0.243 e. The molecule has 2 N–H and O–H groups in total. The van der Waals surface area contributed by atoms with Gasteiger partial charge in [0.05, 0.1) is 6.04 Å². The van der Waals surface area contributed by atoms with Gasteiger partial charge in [0.1, 0.15) is 0 Å². The van der Waals surface area contributed by atoms with Gasteiger partial charge in [-0.05, 0) is 38.0 Å². The lowest BCUT2D eigenvalue weighted by Crippen LogP contribution is -2.48. The number of nitrogens with zero attached hydrogens (tertiary/aromatic N) is 3. The Labute approximate surface area is 142 Å². The van der Waals surface area contributed by atoms with Crippen LogP contribution >= 0.6 is 0 Å². The molecule has 1 aliphatic rings. The Kier molecular flexibility index (Phi) is 5.38. The molecule has 1 fully saturated rings. The summed E-state index contributed by atoms with van der Waals surface area (Å²) in [5.41, 5.74) is 1.16. The van der Waals surface area contributed by atoms with E-state index >= 15 is 0 Å². The van der Waals surface area contributed by atoms with Crippen LogP contribution < -0.4 is 10.6 Å². The molecule has 0 spiro atoms. The van der Waals surface area contributed by atoms with Crippen molar-refractivity contribution in [2.45, 2.75) is 31.8 Å². The molecule has 1 aromatic heterocycles. The van der Waals surface area contributed by atoms with E-state index < -0.39 is 0 Å². The van der Waals surface area contributed by atoms with Gasteiger partial charge >= 0.3 is 0 Å². The van der Waals surface area contributed by atoms with Crippen LogP contribution in [0, 0.1) is 0 Å².